The molecule has 1 aromatic rings. The highest BCUT2D eigenvalue weighted by Crippen LogP contribution is 2.12. The second-order valence-corrected chi connectivity index (χ2v) is 7.84. The average molecular weight is 368 g/mol. The lowest BCUT2D eigenvalue weighted by Gasteiger charge is -2.24. The molecule has 0 unspecified atom stereocenters. The molecule has 1 aromatic carbocycles. The molecule has 1 heterocycles. The maximum absolute atomic E-state index is 12.2. The zero-order valence-electron chi connectivity index (χ0n) is 14.4. The van der Waals surface area contributed by atoms with E-state index in [1.807, 2.05) is 0 Å². The minimum atomic E-state index is -3.55. The van der Waals surface area contributed by atoms with Crippen molar-refractivity contribution in [3.05, 3.63) is 29.8 Å². The Morgan fingerprint density at radius 3 is 2.16 bits per heavy atom. The number of hydrogen-bond donors (Lipinski definition) is 1. The zero-order valence-corrected chi connectivity index (χ0v) is 15.2. The molecule has 0 aromatic heterocycles. The lowest BCUT2D eigenvalue weighted by atomic mass is 10.1. The van der Waals surface area contributed by atoms with Gasteiger partial charge in [-0.05, 0) is 44.2 Å². The normalized spacial score (nSPS) is 16.0. The van der Waals surface area contributed by atoms with Crippen LogP contribution in [0.4, 0.5) is 0 Å². The van der Waals surface area contributed by atoms with Crippen LogP contribution in [0.15, 0.2) is 29.2 Å². The number of ether oxygens (including phenoxy) is 1. The maximum Gasteiger partial charge on any atom is 0.338 e. The fraction of sp³-hybridized carbons (Fsp3) is 0.529. The van der Waals surface area contributed by atoms with E-state index >= 15 is 0 Å². The third-order valence-corrected chi connectivity index (χ3v) is 5.63. The Bertz CT molecular complexity index is 692. The number of esters is 1. The molecule has 1 fully saturated rings. The van der Waals surface area contributed by atoms with Crippen molar-refractivity contribution >= 4 is 21.9 Å². The third-order valence-electron chi connectivity index (χ3n) is 4.20. The summed E-state index contributed by atoms with van der Waals surface area (Å²) in [4.78, 5) is 26.0. The standard InChI is InChI=1S/C17H24N2O5S/c1-18-25(22,23)15-9-7-14(8-10-15)17(21)24-13-16(20)19-11-5-3-2-4-6-12-19/h7-10,18H,2-6,11-13H2,1H3. The van der Waals surface area contributed by atoms with Crippen LogP contribution in [-0.2, 0) is 19.6 Å². The zero-order chi connectivity index (χ0) is 18.3. The summed E-state index contributed by atoms with van der Waals surface area (Å²) in [5.74, 6) is -0.835. The number of carbonyl (C=O) groups excluding carboxylic acids is 2. The molecule has 25 heavy (non-hydrogen) atoms. The highest BCUT2D eigenvalue weighted by molar-refractivity contribution is 7.89. The van der Waals surface area contributed by atoms with E-state index in [0.29, 0.717) is 13.1 Å². The Balaban J connectivity index is 1.90. The van der Waals surface area contributed by atoms with Crippen LogP contribution in [0.25, 0.3) is 0 Å². The molecule has 2 rings (SSSR count). The van der Waals surface area contributed by atoms with Gasteiger partial charge in [-0.25, -0.2) is 17.9 Å². The molecule has 7 nitrogen and oxygen atoms in total. The molecule has 1 saturated heterocycles. The van der Waals surface area contributed by atoms with Crippen molar-refractivity contribution < 1.29 is 22.7 Å². The van der Waals surface area contributed by atoms with Gasteiger partial charge in [-0.15, -0.1) is 0 Å². The summed E-state index contributed by atoms with van der Waals surface area (Å²) >= 11 is 0. The first kappa shape index (κ1) is 19.4. The van der Waals surface area contributed by atoms with Crippen molar-refractivity contribution in [1.29, 1.82) is 0 Å². The molecule has 0 spiro atoms. The average Bonchev–Trinajstić information content (AvgIpc) is 2.59. The number of hydrogen-bond acceptors (Lipinski definition) is 5. The number of nitrogens with one attached hydrogen (secondary N) is 1. The van der Waals surface area contributed by atoms with E-state index in [9.17, 15) is 18.0 Å². The summed E-state index contributed by atoms with van der Waals surface area (Å²) in [6.07, 6.45) is 5.38. The van der Waals surface area contributed by atoms with Gasteiger partial charge in [0.15, 0.2) is 6.61 Å². The minimum Gasteiger partial charge on any atom is -0.452 e. The molecule has 138 valence electrons. The van der Waals surface area contributed by atoms with Crippen molar-refractivity contribution in [3.8, 4) is 0 Å². The van der Waals surface area contributed by atoms with Crippen LogP contribution in [-0.4, -0.2) is 51.9 Å². The highest BCUT2D eigenvalue weighted by Gasteiger charge is 2.18. The van der Waals surface area contributed by atoms with E-state index in [0.717, 1.165) is 25.7 Å². The van der Waals surface area contributed by atoms with Gasteiger partial charge in [0.1, 0.15) is 0 Å². The predicted octanol–water partition coefficient (Wildman–Crippen LogP) is 1.54. The van der Waals surface area contributed by atoms with Crippen molar-refractivity contribution in [2.24, 2.45) is 0 Å². The third kappa shape index (κ3) is 5.54. The Labute approximate surface area is 148 Å². The van der Waals surface area contributed by atoms with Crippen LogP contribution in [0.3, 0.4) is 0 Å². The van der Waals surface area contributed by atoms with Gasteiger partial charge in [0.25, 0.3) is 5.91 Å². The van der Waals surface area contributed by atoms with Crippen LogP contribution >= 0.6 is 0 Å². The summed E-state index contributed by atoms with van der Waals surface area (Å²) < 4.78 is 30.6. The Morgan fingerprint density at radius 2 is 1.60 bits per heavy atom. The van der Waals surface area contributed by atoms with E-state index in [4.69, 9.17) is 4.74 Å². The molecular formula is C17H24N2O5S. The Morgan fingerprint density at radius 1 is 1.04 bits per heavy atom. The SMILES string of the molecule is CNS(=O)(=O)c1ccc(C(=O)OCC(=O)N2CCCCCCC2)cc1. The van der Waals surface area contributed by atoms with Gasteiger partial charge in [0.2, 0.25) is 10.0 Å². The number of rotatable bonds is 5. The number of amides is 1. The van der Waals surface area contributed by atoms with Gasteiger partial charge >= 0.3 is 5.97 Å². The predicted molar refractivity (Wildman–Crippen MR) is 92.6 cm³/mol. The molecule has 0 aliphatic carbocycles. The quantitative estimate of drug-likeness (QED) is 0.796. The van der Waals surface area contributed by atoms with Gasteiger partial charge in [-0.2, -0.15) is 0 Å². The smallest absolute Gasteiger partial charge is 0.338 e. The first-order chi connectivity index (χ1) is 11.9. The lowest BCUT2D eigenvalue weighted by molar-refractivity contribution is -0.134. The molecule has 1 amide bonds. The van der Waals surface area contributed by atoms with Crippen molar-refractivity contribution in [2.75, 3.05) is 26.7 Å². The minimum absolute atomic E-state index is 0.0586. The summed E-state index contributed by atoms with van der Waals surface area (Å²) in [7, 11) is -2.24. The topological polar surface area (TPSA) is 92.8 Å². The summed E-state index contributed by atoms with van der Waals surface area (Å²) in [6.45, 7) is 1.11. The Kier molecular flexibility index (Phi) is 6.95. The van der Waals surface area contributed by atoms with Gasteiger partial charge < -0.3 is 9.64 Å². The van der Waals surface area contributed by atoms with E-state index in [1.54, 1.807) is 4.90 Å². The van der Waals surface area contributed by atoms with Gasteiger partial charge in [0, 0.05) is 13.1 Å². The van der Waals surface area contributed by atoms with Gasteiger partial charge in [0.05, 0.1) is 10.5 Å². The summed E-state index contributed by atoms with van der Waals surface area (Å²) in [5, 5.41) is 0. The largest absolute Gasteiger partial charge is 0.452 e. The van der Waals surface area contributed by atoms with Gasteiger partial charge in [-0.1, -0.05) is 19.3 Å². The molecule has 0 radical (unpaired) electrons. The number of carbonyl (C=O) groups is 2. The Hall–Kier alpha value is -1.93. The highest BCUT2D eigenvalue weighted by atomic mass is 32.2. The molecule has 1 aliphatic rings. The maximum atomic E-state index is 12.2. The first-order valence-corrected chi connectivity index (χ1v) is 9.91. The second kappa shape index (κ2) is 8.96. The van der Waals surface area contributed by atoms with Crippen LogP contribution in [0.1, 0.15) is 42.5 Å². The molecule has 8 heteroatoms. The van der Waals surface area contributed by atoms with Crippen LogP contribution in [0, 0.1) is 0 Å². The molecule has 0 atom stereocenters. The molecule has 0 saturated carbocycles. The molecule has 0 bridgehead atoms. The van der Waals surface area contributed by atoms with Crippen molar-refractivity contribution in [3.63, 3.8) is 0 Å². The van der Waals surface area contributed by atoms with E-state index in [-0.39, 0.29) is 23.0 Å². The number of nitrogens with zero attached hydrogens (tertiary/aromatic N) is 1. The first-order valence-electron chi connectivity index (χ1n) is 8.42. The number of sulfonamides is 1. The monoisotopic (exact) mass is 368 g/mol. The fourth-order valence-corrected chi connectivity index (χ4v) is 3.42. The number of likely N-dealkylation sites (tertiary alicyclic amines) is 1. The van der Waals surface area contributed by atoms with E-state index < -0.39 is 16.0 Å². The van der Waals surface area contributed by atoms with Crippen molar-refractivity contribution in [1.82, 2.24) is 9.62 Å². The van der Waals surface area contributed by atoms with Crippen LogP contribution in [0.5, 0.6) is 0 Å². The fourth-order valence-electron chi connectivity index (χ4n) is 2.69. The van der Waals surface area contributed by atoms with E-state index in [1.165, 1.54) is 37.7 Å². The van der Waals surface area contributed by atoms with Gasteiger partial charge in [-0.3, -0.25) is 4.79 Å². The number of benzene rings is 1. The van der Waals surface area contributed by atoms with Crippen LogP contribution in [0.2, 0.25) is 0 Å². The van der Waals surface area contributed by atoms with E-state index in [2.05, 4.69) is 4.72 Å². The molecule has 1 aliphatic heterocycles. The second-order valence-electron chi connectivity index (χ2n) is 5.96. The molecule has 1 N–H and O–H groups in total. The van der Waals surface area contributed by atoms with Crippen molar-refractivity contribution in [2.45, 2.75) is 37.0 Å². The summed E-state index contributed by atoms with van der Waals surface area (Å²) in [5.41, 5.74) is 0.204. The lowest BCUT2D eigenvalue weighted by Crippen LogP contribution is -2.36. The molecular weight excluding hydrogens is 344 g/mol. The summed E-state index contributed by atoms with van der Waals surface area (Å²) in [6, 6.07) is 5.38. The van der Waals surface area contributed by atoms with Crippen LogP contribution < -0.4 is 4.72 Å².